The average Bonchev–Trinajstić information content (AvgIpc) is 2.52. The SMILES string of the molecule is NC1Cc2ccccc2N(CC(=O)N2CCC(O)CC2)C1=O. The molecule has 2 aliphatic heterocycles. The number of fused-ring (bicyclic) bond motifs is 1. The van der Waals surface area contributed by atoms with E-state index >= 15 is 0 Å². The van der Waals surface area contributed by atoms with Crippen molar-refractivity contribution in [2.75, 3.05) is 24.5 Å². The lowest BCUT2D eigenvalue weighted by molar-refractivity contribution is -0.133. The number of amides is 2. The molecule has 3 rings (SSSR count). The molecule has 1 aromatic carbocycles. The zero-order valence-corrected chi connectivity index (χ0v) is 12.4. The first-order chi connectivity index (χ1) is 10.6. The Labute approximate surface area is 129 Å². The van der Waals surface area contributed by atoms with Gasteiger partial charge in [-0.25, -0.2) is 0 Å². The number of nitrogens with two attached hydrogens (primary N) is 1. The van der Waals surface area contributed by atoms with Crippen molar-refractivity contribution in [3.05, 3.63) is 29.8 Å². The molecule has 1 saturated heterocycles. The van der Waals surface area contributed by atoms with E-state index in [1.165, 1.54) is 4.90 Å². The minimum Gasteiger partial charge on any atom is -0.393 e. The van der Waals surface area contributed by atoms with E-state index < -0.39 is 6.04 Å². The Morgan fingerprint density at radius 3 is 2.68 bits per heavy atom. The summed E-state index contributed by atoms with van der Waals surface area (Å²) in [7, 11) is 0. The maximum absolute atomic E-state index is 12.4. The van der Waals surface area contributed by atoms with Gasteiger partial charge in [0.15, 0.2) is 0 Å². The fourth-order valence-electron chi connectivity index (χ4n) is 3.10. The number of likely N-dealkylation sites (tertiary alicyclic amines) is 1. The van der Waals surface area contributed by atoms with Crippen molar-refractivity contribution in [1.29, 1.82) is 0 Å². The van der Waals surface area contributed by atoms with Crippen molar-refractivity contribution in [3.63, 3.8) is 0 Å². The topological polar surface area (TPSA) is 86.9 Å². The van der Waals surface area contributed by atoms with Gasteiger partial charge in [-0.1, -0.05) is 18.2 Å². The molecule has 2 aliphatic rings. The second-order valence-electron chi connectivity index (χ2n) is 5.98. The third kappa shape index (κ3) is 2.84. The van der Waals surface area contributed by atoms with Crippen LogP contribution in [-0.4, -0.2) is 53.6 Å². The molecule has 0 spiro atoms. The third-order valence-corrected chi connectivity index (χ3v) is 4.42. The summed E-state index contributed by atoms with van der Waals surface area (Å²) in [5.41, 5.74) is 7.68. The van der Waals surface area contributed by atoms with E-state index in [0.29, 0.717) is 32.4 Å². The van der Waals surface area contributed by atoms with Crippen LogP contribution < -0.4 is 10.6 Å². The Hall–Kier alpha value is -1.92. The quantitative estimate of drug-likeness (QED) is 0.798. The molecule has 6 nitrogen and oxygen atoms in total. The van der Waals surface area contributed by atoms with Crippen LogP contribution >= 0.6 is 0 Å². The predicted octanol–water partition coefficient (Wildman–Crippen LogP) is -0.114. The Morgan fingerprint density at radius 1 is 1.27 bits per heavy atom. The number of carbonyl (C=O) groups is 2. The van der Waals surface area contributed by atoms with Crippen LogP contribution in [0.25, 0.3) is 0 Å². The number of para-hydroxylation sites is 1. The molecule has 1 aromatic rings. The van der Waals surface area contributed by atoms with Gasteiger partial charge in [0.1, 0.15) is 6.54 Å². The molecule has 0 aromatic heterocycles. The molecule has 0 saturated carbocycles. The van der Waals surface area contributed by atoms with Crippen LogP contribution in [0.3, 0.4) is 0 Å². The molecule has 0 bridgehead atoms. The van der Waals surface area contributed by atoms with Crippen LogP contribution in [0.5, 0.6) is 0 Å². The molecule has 1 unspecified atom stereocenters. The molecule has 2 heterocycles. The van der Waals surface area contributed by atoms with E-state index in [0.717, 1.165) is 11.3 Å². The predicted molar refractivity (Wildman–Crippen MR) is 82.3 cm³/mol. The van der Waals surface area contributed by atoms with Gasteiger partial charge in [-0.15, -0.1) is 0 Å². The highest BCUT2D eigenvalue weighted by atomic mass is 16.3. The van der Waals surface area contributed by atoms with Crippen LogP contribution in [0.1, 0.15) is 18.4 Å². The third-order valence-electron chi connectivity index (χ3n) is 4.42. The van der Waals surface area contributed by atoms with Crippen molar-refractivity contribution >= 4 is 17.5 Å². The van der Waals surface area contributed by atoms with E-state index in [-0.39, 0.29) is 24.5 Å². The van der Waals surface area contributed by atoms with Crippen LogP contribution in [0.15, 0.2) is 24.3 Å². The van der Waals surface area contributed by atoms with E-state index in [9.17, 15) is 14.7 Å². The van der Waals surface area contributed by atoms with Crippen LogP contribution in [-0.2, 0) is 16.0 Å². The summed E-state index contributed by atoms with van der Waals surface area (Å²) in [5, 5.41) is 9.52. The first-order valence-corrected chi connectivity index (χ1v) is 7.67. The highest BCUT2D eigenvalue weighted by molar-refractivity contribution is 6.03. The van der Waals surface area contributed by atoms with Gasteiger partial charge in [-0.05, 0) is 30.9 Å². The van der Waals surface area contributed by atoms with E-state index in [2.05, 4.69) is 0 Å². The van der Waals surface area contributed by atoms with Crippen molar-refractivity contribution in [2.24, 2.45) is 5.73 Å². The molecule has 22 heavy (non-hydrogen) atoms. The smallest absolute Gasteiger partial charge is 0.244 e. The summed E-state index contributed by atoms with van der Waals surface area (Å²) in [5.74, 6) is -0.298. The molecule has 1 fully saturated rings. The molecule has 6 heteroatoms. The lowest BCUT2D eigenvalue weighted by Crippen LogP contribution is -2.53. The minimum atomic E-state index is -0.592. The van der Waals surface area contributed by atoms with E-state index in [1.54, 1.807) is 4.90 Å². The monoisotopic (exact) mass is 303 g/mol. The van der Waals surface area contributed by atoms with E-state index in [4.69, 9.17) is 5.73 Å². The molecule has 2 amide bonds. The molecular formula is C16H21N3O3. The Kier molecular flexibility index (Phi) is 4.13. The first-order valence-electron chi connectivity index (χ1n) is 7.67. The van der Waals surface area contributed by atoms with Gasteiger partial charge >= 0.3 is 0 Å². The molecule has 3 N–H and O–H groups in total. The maximum Gasteiger partial charge on any atom is 0.244 e. The fraction of sp³-hybridized carbons (Fsp3) is 0.500. The number of aliphatic hydroxyl groups is 1. The van der Waals surface area contributed by atoms with E-state index in [1.807, 2.05) is 24.3 Å². The van der Waals surface area contributed by atoms with Gasteiger partial charge in [0.05, 0.1) is 12.1 Å². The highest BCUT2D eigenvalue weighted by Crippen LogP contribution is 2.27. The number of aliphatic hydroxyl groups excluding tert-OH is 1. The van der Waals surface area contributed by atoms with Gasteiger partial charge in [0, 0.05) is 18.8 Å². The number of rotatable bonds is 2. The summed E-state index contributed by atoms with van der Waals surface area (Å²) >= 11 is 0. The number of piperidine rings is 1. The van der Waals surface area contributed by atoms with Crippen molar-refractivity contribution in [3.8, 4) is 0 Å². The van der Waals surface area contributed by atoms with Gasteiger partial charge in [0.2, 0.25) is 11.8 Å². The van der Waals surface area contributed by atoms with Crippen LogP contribution in [0.2, 0.25) is 0 Å². The van der Waals surface area contributed by atoms with Gasteiger partial charge in [0.25, 0.3) is 0 Å². The molecule has 1 atom stereocenters. The van der Waals surface area contributed by atoms with Crippen LogP contribution in [0, 0.1) is 0 Å². The number of benzene rings is 1. The second-order valence-corrected chi connectivity index (χ2v) is 5.98. The summed E-state index contributed by atoms with van der Waals surface area (Å²) in [4.78, 5) is 28.0. The van der Waals surface area contributed by atoms with Crippen molar-refractivity contribution < 1.29 is 14.7 Å². The molecular weight excluding hydrogens is 282 g/mol. The Balaban J connectivity index is 1.76. The minimum absolute atomic E-state index is 0.0135. The number of hydrogen-bond acceptors (Lipinski definition) is 4. The molecule has 0 aliphatic carbocycles. The number of carbonyl (C=O) groups excluding carboxylic acids is 2. The van der Waals surface area contributed by atoms with Gasteiger partial charge in [-0.2, -0.15) is 0 Å². The fourth-order valence-corrected chi connectivity index (χ4v) is 3.10. The number of hydrogen-bond donors (Lipinski definition) is 2. The summed E-state index contributed by atoms with van der Waals surface area (Å²) in [6, 6.07) is 6.97. The largest absolute Gasteiger partial charge is 0.393 e. The standard InChI is InChI=1S/C16H21N3O3/c17-13-9-11-3-1-2-4-14(11)19(16(13)22)10-15(21)18-7-5-12(20)6-8-18/h1-4,12-13,20H,5-10,17H2. The first kappa shape index (κ1) is 15.0. The zero-order valence-electron chi connectivity index (χ0n) is 12.4. The normalized spacial score (nSPS) is 22.6. The van der Waals surface area contributed by atoms with Gasteiger partial charge < -0.3 is 20.6 Å². The molecule has 0 radical (unpaired) electrons. The summed E-state index contributed by atoms with van der Waals surface area (Å²) in [6.07, 6.45) is 1.37. The lowest BCUT2D eigenvalue weighted by atomic mass is 9.97. The number of anilines is 1. The number of nitrogens with zero attached hydrogens (tertiary/aromatic N) is 2. The maximum atomic E-state index is 12.4. The highest BCUT2D eigenvalue weighted by Gasteiger charge is 2.33. The lowest BCUT2D eigenvalue weighted by Gasteiger charge is -2.35. The van der Waals surface area contributed by atoms with Crippen molar-refractivity contribution in [1.82, 2.24) is 4.90 Å². The van der Waals surface area contributed by atoms with Crippen molar-refractivity contribution in [2.45, 2.75) is 31.4 Å². The average molecular weight is 303 g/mol. The zero-order chi connectivity index (χ0) is 15.7. The Bertz CT molecular complexity index is 582. The van der Waals surface area contributed by atoms with Crippen LogP contribution in [0.4, 0.5) is 5.69 Å². The summed E-state index contributed by atoms with van der Waals surface area (Å²) < 4.78 is 0. The molecule has 118 valence electrons. The second kappa shape index (κ2) is 6.06. The Morgan fingerprint density at radius 2 is 1.95 bits per heavy atom. The van der Waals surface area contributed by atoms with Gasteiger partial charge in [-0.3, -0.25) is 9.59 Å². The summed E-state index contributed by atoms with van der Waals surface area (Å²) in [6.45, 7) is 1.09.